The van der Waals surface area contributed by atoms with Gasteiger partial charge < -0.3 is 0 Å². The first-order valence-corrected chi connectivity index (χ1v) is 11.5. The van der Waals surface area contributed by atoms with Crippen molar-refractivity contribution in [3.63, 3.8) is 0 Å². The summed E-state index contributed by atoms with van der Waals surface area (Å²) in [4.78, 5) is 0. The molecule has 0 aliphatic heterocycles. The topological polar surface area (TPSA) is 0 Å². The Kier molecular flexibility index (Phi) is 6.56. The molecule has 0 atom stereocenters. The summed E-state index contributed by atoms with van der Waals surface area (Å²) in [5.41, 5.74) is 13.9. The second-order valence-electron chi connectivity index (χ2n) is 9.87. The molecule has 30 heavy (non-hydrogen) atoms. The molecule has 0 amide bonds. The third-order valence-corrected chi connectivity index (χ3v) is 6.47. The van der Waals surface area contributed by atoms with Crippen molar-refractivity contribution in [1.29, 1.82) is 0 Å². The fourth-order valence-corrected chi connectivity index (χ4v) is 4.34. The highest BCUT2D eigenvalue weighted by atomic mass is 14.2. The Bertz CT molecular complexity index is 1020. The number of hydrogen-bond donors (Lipinski definition) is 0. The van der Waals surface area contributed by atoms with Gasteiger partial charge in [-0.2, -0.15) is 0 Å². The summed E-state index contributed by atoms with van der Waals surface area (Å²) in [6.45, 7) is 20.5. The van der Waals surface area contributed by atoms with Crippen molar-refractivity contribution in [2.75, 3.05) is 0 Å². The van der Waals surface area contributed by atoms with Crippen LogP contribution in [-0.4, -0.2) is 0 Å². The van der Waals surface area contributed by atoms with Gasteiger partial charge in [0.15, 0.2) is 0 Å². The van der Waals surface area contributed by atoms with Gasteiger partial charge in [0.25, 0.3) is 0 Å². The van der Waals surface area contributed by atoms with Gasteiger partial charge in [-0.3, -0.25) is 0 Å². The van der Waals surface area contributed by atoms with Gasteiger partial charge in [-0.1, -0.05) is 90.1 Å². The molecular weight excluding hydrogens is 360 g/mol. The molecule has 3 rings (SSSR count). The molecule has 0 saturated carbocycles. The van der Waals surface area contributed by atoms with E-state index in [4.69, 9.17) is 0 Å². The molecule has 0 aromatic heterocycles. The van der Waals surface area contributed by atoms with Crippen LogP contribution in [0.25, 0.3) is 22.3 Å². The van der Waals surface area contributed by atoms with E-state index < -0.39 is 0 Å². The monoisotopic (exact) mass is 398 g/mol. The Morgan fingerprint density at radius 3 is 1.50 bits per heavy atom. The quantitative estimate of drug-likeness (QED) is 0.401. The molecule has 0 spiro atoms. The summed E-state index contributed by atoms with van der Waals surface area (Å²) < 4.78 is 0. The highest BCUT2D eigenvalue weighted by Gasteiger charge is 2.19. The van der Waals surface area contributed by atoms with Crippen molar-refractivity contribution in [2.24, 2.45) is 0 Å². The number of hydrogen-bond acceptors (Lipinski definition) is 0. The molecule has 0 radical (unpaired) electrons. The second-order valence-corrected chi connectivity index (χ2v) is 9.87. The van der Waals surface area contributed by atoms with Crippen LogP contribution in [0.15, 0.2) is 48.5 Å². The summed E-state index contributed by atoms with van der Waals surface area (Å²) in [5.74, 6) is 1.54. The molecule has 0 bridgehead atoms. The normalized spacial score (nSPS) is 11.7. The van der Waals surface area contributed by atoms with E-state index in [1.807, 2.05) is 0 Å². The van der Waals surface area contributed by atoms with E-state index in [2.05, 4.69) is 111 Å². The Morgan fingerprint density at radius 1 is 0.500 bits per heavy atom. The van der Waals surface area contributed by atoms with Crippen molar-refractivity contribution in [1.82, 2.24) is 0 Å². The molecule has 3 aromatic rings. The molecule has 0 N–H and O–H groups in total. The Morgan fingerprint density at radius 2 is 1.03 bits per heavy atom. The second kappa shape index (κ2) is 8.80. The Labute approximate surface area is 184 Å². The van der Waals surface area contributed by atoms with Crippen molar-refractivity contribution >= 4 is 0 Å². The minimum absolute atomic E-state index is 0.496. The maximum Gasteiger partial charge on any atom is -0.0114 e. The first kappa shape index (κ1) is 22.3. The van der Waals surface area contributed by atoms with Crippen LogP contribution in [-0.2, 0) is 0 Å². The van der Waals surface area contributed by atoms with Gasteiger partial charge in [0, 0.05) is 0 Å². The van der Waals surface area contributed by atoms with Crippen molar-refractivity contribution in [3.8, 4) is 22.3 Å². The molecule has 0 heteroatoms. The van der Waals surface area contributed by atoms with E-state index in [9.17, 15) is 0 Å². The van der Waals surface area contributed by atoms with Crippen LogP contribution in [0.4, 0.5) is 0 Å². The molecule has 3 aromatic carbocycles. The van der Waals surface area contributed by atoms with E-state index in [0.717, 1.165) is 0 Å². The lowest BCUT2D eigenvalue weighted by molar-refractivity contribution is 0.807. The van der Waals surface area contributed by atoms with E-state index >= 15 is 0 Å². The molecule has 0 unspecified atom stereocenters. The number of benzene rings is 3. The van der Waals surface area contributed by atoms with Crippen LogP contribution >= 0.6 is 0 Å². The fourth-order valence-electron chi connectivity index (χ4n) is 4.34. The smallest absolute Gasteiger partial charge is 0.0114 e. The van der Waals surface area contributed by atoms with Crippen LogP contribution < -0.4 is 0 Å². The van der Waals surface area contributed by atoms with Crippen LogP contribution in [0.3, 0.4) is 0 Å². The van der Waals surface area contributed by atoms with E-state index in [0.29, 0.717) is 17.8 Å². The van der Waals surface area contributed by atoms with Crippen molar-refractivity contribution < 1.29 is 0 Å². The SMILES string of the molecule is Cc1ccc(-c2ccc(-c3c(C(C)C)cc(C(C)C)cc3C(C)C)cc2C)cc1C. The lowest BCUT2D eigenvalue weighted by atomic mass is 9.81. The number of rotatable bonds is 5. The summed E-state index contributed by atoms with van der Waals surface area (Å²) in [6.07, 6.45) is 0. The summed E-state index contributed by atoms with van der Waals surface area (Å²) in [7, 11) is 0. The lowest BCUT2D eigenvalue weighted by Crippen LogP contribution is -2.04. The summed E-state index contributed by atoms with van der Waals surface area (Å²) >= 11 is 0. The van der Waals surface area contributed by atoms with Gasteiger partial charge >= 0.3 is 0 Å². The zero-order chi connectivity index (χ0) is 22.2. The van der Waals surface area contributed by atoms with Crippen LogP contribution in [0.5, 0.6) is 0 Å². The first-order valence-electron chi connectivity index (χ1n) is 11.5. The summed E-state index contributed by atoms with van der Waals surface area (Å²) in [5, 5.41) is 0. The fraction of sp³-hybridized carbons (Fsp3) is 0.400. The van der Waals surface area contributed by atoms with Crippen LogP contribution in [0.1, 0.15) is 92.7 Å². The molecular formula is C30H38. The zero-order valence-corrected chi connectivity index (χ0v) is 20.4. The summed E-state index contributed by atoms with van der Waals surface area (Å²) in [6, 6.07) is 18.7. The van der Waals surface area contributed by atoms with Gasteiger partial charge in [-0.25, -0.2) is 0 Å². The standard InChI is InChI=1S/C30H38/c1-18(2)26-16-28(19(3)4)30(29(17-26)20(5)6)25-12-13-27(23(9)15-25)24-11-10-21(7)22(8)14-24/h10-20H,1-9H3. The van der Waals surface area contributed by atoms with Gasteiger partial charge in [0.05, 0.1) is 0 Å². The molecule has 0 aliphatic rings. The predicted molar refractivity (Wildman–Crippen MR) is 134 cm³/mol. The van der Waals surface area contributed by atoms with Gasteiger partial charge in [-0.05, 0) is 94.2 Å². The largest absolute Gasteiger partial charge is 0.0587 e. The van der Waals surface area contributed by atoms with Gasteiger partial charge in [0.2, 0.25) is 0 Å². The highest BCUT2D eigenvalue weighted by Crippen LogP contribution is 2.40. The molecule has 0 saturated heterocycles. The average molecular weight is 399 g/mol. The van der Waals surface area contributed by atoms with E-state index in [-0.39, 0.29) is 0 Å². The maximum atomic E-state index is 2.45. The highest BCUT2D eigenvalue weighted by molar-refractivity contribution is 5.78. The first-order chi connectivity index (χ1) is 14.1. The molecule has 158 valence electrons. The van der Waals surface area contributed by atoms with Crippen molar-refractivity contribution in [2.45, 2.75) is 80.1 Å². The van der Waals surface area contributed by atoms with Crippen molar-refractivity contribution in [3.05, 3.63) is 81.9 Å². The van der Waals surface area contributed by atoms with Crippen LogP contribution in [0, 0.1) is 20.8 Å². The molecule has 0 aliphatic carbocycles. The minimum Gasteiger partial charge on any atom is -0.0587 e. The van der Waals surface area contributed by atoms with E-state index in [1.165, 1.54) is 55.6 Å². The third kappa shape index (κ3) is 4.38. The predicted octanol–water partition coefficient (Wildman–Crippen LogP) is 9.32. The lowest BCUT2D eigenvalue weighted by Gasteiger charge is -2.24. The number of aryl methyl sites for hydroxylation is 3. The van der Waals surface area contributed by atoms with Gasteiger partial charge in [-0.15, -0.1) is 0 Å². The van der Waals surface area contributed by atoms with Gasteiger partial charge in [0.1, 0.15) is 0 Å². The average Bonchev–Trinajstić information content (AvgIpc) is 2.68. The Hall–Kier alpha value is -2.34. The third-order valence-electron chi connectivity index (χ3n) is 6.47. The van der Waals surface area contributed by atoms with Crippen LogP contribution in [0.2, 0.25) is 0 Å². The molecule has 0 fully saturated rings. The molecule has 0 nitrogen and oxygen atoms in total. The maximum absolute atomic E-state index is 2.45. The Balaban J connectivity index is 2.20. The zero-order valence-electron chi connectivity index (χ0n) is 20.4. The van der Waals surface area contributed by atoms with E-state index in [1.54, 1.807) is 0 Å². The molecule has 0 heterocycles. The minimum atomic E-state index is 0.496.